The average molecular weight is 543 g/mol. The third-order valence-electron chi connectivity index (χ3n) is 7.38. The smallest absolute Gasteiger partial charge is 0.414 e. The number of carbonyl (C=O) groups is 2. The summed E-state index contributed by atoms with van der Waals surface area (Å²) in [6.45, 7) is 2.19. The van der Waals surface area contributed by atoms with E-state index >= 15 is 0 Å². The SMILES string of the molecule is CN1CCC(c2cn(C3CCCCC3)c3ccc(OS(=O)(=O)c4ccccc4)cc23)CC1.O=C(O)C(=O)O. The van der Waals surface area contributed by atoms with Crippen molar-refractivity contribution in [3.63, 3.8) is 0 Å². The first-order chi connectivity index (χ1) is 18.2. The summed E-state index contributed by atoms with van der Waals surface area (Å²) < 4.78 is 33.6. The van der Waals surface area contributed by atoms with Crippen molar-refractivity contribution < 1.29 is 32.4 Å². The molecule has 2 aliphatic rings. The van der Waals surface area contributed by atoms with Crippen LogP contribution >= 0.6 is 0 Å². The summed E-state index contributed by atoms with van der Waals surface area (Å²) in [6.07, 6.45) is 11.0. The molecule has 38 heavy (non-hydrogen) atoms. The Labute approximate surface area is 222 Å². The highest BCUT2D eigenvalue weighted by atomic mass is 32.2. The van der Waals surface area contributed by atoms with Gasteiger partial charge in [-0.15, -0.1) is 0 Å². The van der Waals surface area contributed by atoms with Crippen molar-refractivity contribution in [2.75, 3.05) is 20.1 Å². The van der Waals surface area contributed by atoms with E-state index in [1.807, 2.05) is 6.07 Å². The van der Waals surface area contributed by atoms with Crippen LogP contribution in [0.2, 0.25) is 0 Å². The van der Waals surface area contributed by atoms with E-state index in [1.54, 1.807) is 36.4 Å². The molecule has 0 bridgehead atoms. The van der Waals surface area contributed by atoms with Gasteiger partial charge in [-0.05, 0) is 87.6 Å². The van der Waals surface area contributed by atoms with Crippen LogP contribution in [-0.2, 0) is 19.7 Å². The Balaban J connectivity index is 0.000000505. The van der Waals surface area contributed by atoms with E-state index < -0.39 is 22.1 Å². The van der Waals surface area contributed by atoms with Crippen LogP contribution in [0, 0.1) is 0 Å². The van der Waals surface area contributed by atoms with Crippen LogP contribution < -0.4 is 4.18 Å². The Kier molecular flexibility index (Phi) is 8.73. The zero-order chi connectivity index (χ0) is 27.3. The van der Waals surface area contributed by atoms with Crippen LogP contribution in [0.4, 0.5) is 0 Å². The maximum Gasteiger partial charge on any atom is 0.414 e. The number of piperidine rings is 1. The fraction of sp³-hybridized carbons (Fsp3) is 0.429. The predicted octanol–water partition coefficient (Wildman–Crippen LogP) is 4.88. The predicted molar refractivity (Wildman–Crippen MR) is 143 cm³/mol. The minimum absolute atomic E-state index is 0.176. The Morgan fingerprint density at radius 3 is 2.13 bits per heavy atom. The monoisotopic (exact) mass is 542 g/mol. The molecule has 1 aliphatic heterocycles. The Hall–Kier alpha value is -3.37. The molecule has 5 rings (SSSR count). The summed E-state index contributed by atoms with van der Waals surface area (Å²) in [7, 11) is -1.67. The van der Waals surface area contributed by atoms with Crippen molar-refractivity contribution >= 4 is 33.0 Å². The zero-order valence-corrected chi connectivity index (χ0v) is 22.3. The number of fused-ring (bicyclic) bond motifs is 1. The molecule has 9 nitrogen and oxygen atoms in total. The lowest BCUT2D eigenvalue weighted by Gasteiger charge is -2.29. The number of carboxylic acid groups (broad SMARTS) is 2. The molecule has 1 aromatic heterocycles. The Morgan fingerprint density at radius 2 is 1.53 bits per heavy atom. The number of rotatable bonds is 5. The van der Waals surface area contributed by atoms with Crippen molar-refractivity contribution in [3.8, 4) is 5.75 Å². The van der Waals surface area contributed by atoms with Gasteiger partial charge in [0.2, 0.25) is 0 Å². The number of hydrogen-bond donors (Lipinski definition) is 2. The zero-order valence-electron chi connectivity index (χ0n) is 21.5. The van der Waals surface area contributed by atoms with Crippen LogP contribution in [0.5, 0.6) is 5.75 Å². The molecule has 0 radical (unpaired) electrons. The lowest BCUT2D eigenvalue weighted by molar-refractivity contribution is -0.159. The van der Waals surface area contributed by atoms with Crippen LogP contribution in [-0.4, -0.2) is 60.2 Å². The molecule has 2 aromatic carbocycles. The third kappa shape index (κ3) is 6.54. The van der Waals surface area contributed by atoms with E-state index in [0.29, 0.717) is 17.7 Å². The highest BCUT2D eigenvalue weighted by Crippen LogP contribution is 2.40. The lowest BCUT2D eigenvalue weighted by atomic mass is 9.89. The van der Waals surface area contributed by atoms with Crippen LogP contribution in [0.1, 0.15) is 62.5 Å². The first kappa shape index (κ1) is 27.7. The number of aliphatic carboxylic acids is 2. The molecular weight excluding hydrogens is 508 g/mol. The molecule has 2 N–H and O–H groups in total. The van der Waals surface area contributed by atoms with E-state index in [0.717, 1.165) is 31.3 Å². The van der Waals surface area contributed by atoms with Gasteiger partial charge in [0.15, 0.2) is 0 Å². The first-order valence-corrected chi connectivity index (χ1v) is 14.4. The fourth-order valence-corrected chi connectivity index (χ4v) is 6.32. The molecule has 3 aromatic rings. The highest BCUT2D eigenvalue weighted by Gasteiger charge is 2.26. The normalized spacial score (nSPS) is 17.5. The van der Waals surface area contributed by atoms with Gasteiger partial charge in [0.25, 0.3) is 0 Å². The number of aromatic nitrogens is 1. The van der Waals surface area contributed by atoms with Gasteiger partial charge in [-0.1, -0.05) is 37.5 Å². The first-order valence-electron chi connectivity index (χ1n) is 12.9. The van der Waals surface area contributed by atoms with Gasteiger partial charge in [0, 0.05) is 23.1 Å². The number of carboxylic acids is 2. The van der Waals surface area contributed by atoms with Crippen molar-refractivity contribution in [1.29, 1.82) is 0 Å². The maximum atomic E-state index is 12.8. The molecule has 10 heteroatoms. The molecule has 1 saturated carbocycles. The van der Waals surface area contributed by atoms with Gasteiger partial charge in [-0.25, -0.2) is 9.59 Å². The van der Waals surface area contributed by atoms with Crippen molar-refractivity contribution in [2.45, 2.75) is 61.8 Å². The molecule has 0 amide bonds. The number of benzene rings is 2. The summed E-state index contributed by atoms with van der Waals surface area (Å²) in [5, 5.41) is 15.9. The van der Waals surface area contributed by atoms with Crippen LogP contribution in [0.3, 0.4) is 0 Å². The maximum absolute atomic E-state index is 12.8. The molecule has 0 atom stereocenters. The molecule has 204 valence electrons. The van der Waals surface area contributed by atoms with Crippen molar-refractivity contribution in [2.24, 2.45) is 0 Å². The van der Waals surface area contributed by atoms with Gasteiger partial charge in [0.1, 0.15) is 10.6 Å². The number of hydrogen-bond acceptors (Lipinski definition) is 6. The Morgan fingerprint density at radius 1 is 0.895 bits per heavy atom. The molecule has 2 fully saturated rings. The lowest BCUT2D eigenvalue weighted by Crippen LogP contribution is -2.29. The molecule has 0 spiro atoms. The Bertz CT molecular complexity index is 1360. The van der Waals surface area contributed by atoms with Gasteiger partial charge in [0.05, 0.1) is 0 Å². The van der Waals surface area contributed by atoms with E-state index in [-0.39, 0.29) is 4.90 Å². The van der Waals surface area contributed by atoms with E-state index in [1.165, 1.54) is 43.2 Å². The quantitative estimate of drug-likeness (QED) is 0.345. The molecule has 0 unspecified atom stereocenters. The molecule has 2 heterocycles. The highest BCUT2D eigenvalue weighted by molar-refractivity contribution is 7.87. The van der Waals surface area contributed by atoms with Gasteiger partial charge >= 0.3 is 22.1 Å². The number of nitrogens with zero attached hydrogens (tertiary/aromatic N) is 2. The topological polar surface area (TPSA) is 126 Å². The van der Waals surface area contributed by atoms with Gasteiger partial charge < -0.3 is 23.9 Å². The summed E-state index contributed by atoms with van der Waals surface area (Å²) >= 11 is 0. The number of likely N-dealkylation sites (tertiary alicyclic amines) is 1. The minimum atomic E-state index is -3.85. The van der Waals surface area contributed by atoms with Crippen LogP contribution in [0.25, 0.3) is 10.9 Å². The van der Waals surface area contributed by atoms with Crippen molar-refractivity contribution in [3.05, 3.63) is 60.3 Å². The summed E-state index contributed by atoms with van der Waals surface area (Å²) in [5.74, 6) is -2.76. The molecule has 1 saturated heterocycles. The second-order valence-electron chi connectivity index (χ2n) is 10.0. The fourth-order valence-electron chi connectivity index (χ4n) is 5.38. The van der Waals surface area contributed by atoms with E-state index in [2.05, 4.69) is 28.8 Å². The minimum Gasteiger partial charge on any atom is -0.473 e. The second kappa shape index (κ2) is 12.0. The van der Waals surface area contributed by atoms with Gasteiger partial charge in [-0.2, -0.15) is 8.42 Å². The summed E-state index contributed by atoms with van der Waals surface area (Å²) in [6, 6.07) is 14.7. The van der Waals surface area contributed by atoms with Crippen molar-refractivity contribution in [1.82, 2.24) is 9.47 Å². The average Bonchev–Trinajstić information content (AvgIpc) is 3.29. The van der Waals surface area contributed by atoms with E-state index in [9.17, 15) is 8.42 Å². The second-order valence-corrected chi connectivity index (χ2v) is 11.5. The third-order valence-corrected chi connectivity index (χ3v) is 8.64. The summed E-state index contributed by atoms with van der Waals surface area (Å²) in [5.41, 5.74) is 2.55. The van der Waals surface area contributed by atoms with E-state index in [4.69, 9.17) is 24.0 Å². The largest absolute Gasteiger partial charge is 0.473 e. The standard InChI is InChI=1S/C26H32N2O3S.C2H2O4/c1-27-16-14-20(15-17-27)25-19-28(21-8-4-2-5-9-21)26-13-12-22(18-24(25)26)31-32(29,30)23-10-6-3-7-11-23;3-1(4)2(5)6/h3,6-7,10-13,18-21H,2,4-5,8-9,14-17H2,1H3;(H,3,4)(H,5,6). The molecule has 1 aliphatic carbocycles. The summed E-state index contributed by atoms with van der Waals surface area (Å²) in [4.78, 5) is 20.8. The molecular formula is C28H34N2O7S. The van der Waals surface area contributed by atoms with Crippen LogP contribution in [0.15, 0.2) is 59.6 Å². The van der Waals surface area contributed by atoms with Gasteiger partial charge in [-0.3, -0.25) is 0 Å².